The van der Waals surface area contributed by atoms with Crippen LogP contribution in [0, 0.1) is 6.92 Å². The molecule has 2 rings (SSSR count). The number of rotatable bonds is 5. The van der Waals surface area contributed by atoms with Crippen molar-refractivity contribution in [2.75, 3.05) is 6.54 Å². The third kappa shape index (κ3) is 4.03. The Hall–Kier alpha value is -1.44. The largest absolute Gasteiger partial charge is 0.384 e. The molecule has 108 valence electrons. The van der Waals surface area contributed by atoms with Gasteiger partial charge in [0.1, 0.15) is 10.6 Å². The number of aryl methyl sites for hydroxylation is 1. The topological polar surface area (TPSA) is 74.2 Å². The van der Waals surface area contributed by atoms with Gasteiger partial charge in [-0.05, 0) is 36.2 Å². The summed E-state index contributed by atoms with van der Waals surface area (Å²) in [5, 5.41) is 22.2. The molecule has 0 spiro atoms. The van der Waals surface area contributed by atoms with E-state index in [0.717, 1.165) is 16.3 Å². The first kappa shape index (κ1) is 15.0. The Labute approximate surface area is 125 Å². The molecule has 0 aliphatic rings. The molecule has 3 N–H and O–H groups in total. The first-order chi connectivity index (χ1) is 9.47. The molecular weight excluding hydrogens is 294 g/mol. The summed E-state index contributed by atoms with van der Waals surface area (Å²) in [6, 6.07) is 1.54. The van der Waals surface area contributed by atoms with Crippen LogP contribution in [0.15, 0.2) is 22.2 Å². The molecule has 2 heterocycles. The van der Waals surface area contributed by atoms with Crippen molar-refractivity contribution in [3.05, 3.63) is 38.5 Å². The Morgan fingerprint density at radius 1 is 1.45 bits per heavy atom. The second kappa shape index (κ2) is 6.34. The number of carbonyl (C=O) groups excluding carboxylic acids is 1. The fourth-order valence-electron chi connectivity index (χ4n) is 1.63. The number of hydrogen-bond donors (Lipinski definition) is 3. The van der Waals surface area contributed by atoms with Crippen molar-refractivity contribution in [1.82, 2.24) is 15.6 Å². The fraction of sp³-hybridized carbons (Fsp3) is 0.385. The van der Waals surface area contributed by atoms with Gasteiger partial charge in [-0.25, -0.2) is 9.78 Å². The fourth-order valence-corrected chi connectivity index (χ4v) is 3.12. The summed E-state index contributed by atoms with van der Waals surface area (Å²) in [6.45, 7) is 4.15. The number of thiophene rings is 1. The maximum absolute atomic E-state index is 11.7. The summed E-state index contributed by atoms with van der Waals surface area (Å²) in [7, 11) is 0. The third-order valence-corrected chi connectivity index (χ3v) is 4.45. The van der Waals surface area contributed by atoms with E-state index in [4.69, 9.17) is 0 Å². The average Bonchev–Trinajstić information content (AvgIpc) is 3.05. The highest BCUT2D eigenvalue weighted by atomic mass is 32.1. The Balaban J connectivity index is 1.77. The molecule has 0 aliphatic carbocycles. The van der Waals surface area contributed by atoms with Crippen molar-refractivity contribution >= 4 is 28.7 Å². The van der Waals surface area contributed by atoms with Gasteiger partial charge in [0.25, 0.3) is 0 Å². The van der Waals surface area contributed by atoms with Crippen LogP contribution in [0.5, 0.6) is 0 Å². The number of nitrogens with one attached hydrogen (secondary N) is 2. The van der Waals surface area contributed by atoms with E-state index in [2.05, 4.69) is 15.6 Å². The first-order valence-electron chi connectivity index (χ1n) is 6.15. The first-order valence-corrected chi connectivity index (χ1v) is 7.97. The minimum Gasteiger partial charge on any atom is -0.384 e. The number of amides is 2. The predicted octanol–water partition coefficient (Wildman–Crippen LogP) is 2.22. The van der Waals surface area contributed by atoms with Crippen molar-refractivity contribution in [2.24, 2.45) is 0 Å². The lowest BCUT2D eigenvalue weighted by atomic mass is 9.99. The van der Waals surface area contributed by atoms with E-state index in [1.807, 2.05) is 29.1 Å². The summed E-state index contributed by atoms with van der Waals surface area (Å²) >= 11 is 3.03. The van der Waals surface area contributed by atoms with Gasteiger partial charge in [0.2, 0.25) is 0 Å². The smallest absolute Gasteiger partial charge is 0.315 e. The number of hydrogen-bond acceptors (Lipinski definition) is 5. The van der Waals surface area contributed by atoms with Gasteiger partial charge in [-0.3, -0.25) is 0 Å². The predicted molar refractivity (Wildman–Crippen MR) is 81.0 cm³/mol. The summed E-state index contributed by atoms with van der Waals surface area (Å²) in [5.74, 6) is 0. The molecule has 2 aromatic rings. The van der Waals surface area contributed by atoms with Gasteiger partial charge in [0.15, 0.2) is 0 Å². The normalized spacial score (nSPS) is 13.8. The van der Waals surface area contributed by atoms with Crippen LogP contribution in [-0.4, -0.2) is 22.7 Å². The summed E-state index contributed by atoms with van der Waals surface area (Å²) in [4.78, 5) is 15.9. The number of aliphatic hydroxyl groups is 1. The molecule has 0 radical (unpaired) electrons. The van der Waals surface area contributed by atoms with Crippen molar-refractivity contribution < 1.29 is 9.90 Å². The maximum atomic E-state index is 11.7. The molecule has 1 unspecified atom stereocenters. The molecule has 0 fully saturated rings. The monoisotopic (exact) mass is 311 g/mol. The number of nitrogens with zero attached hydrogens (tertiary/aromatic N) is 1. The zero-order chi connectivity index (χ0) is 14.6. The van der Waals surface area contributed by atoms with Crippen LogP contribution in [0.25, 0.3) is 0 Å². The number of aromatic nitrogens is 1. The quantitative estimate of drug-likeness (QED) is 0.792. The zero-order valence-electron chi connectivity index (χ0n) is 11.3. The van der Waals surface area contributed by atoms with E-state index in [1.54, 1.807) is 6.92 Å². The molecule has 0 saturated heterocycles. The van der Waals surface area contributed by atoms with Crippen molar-refractivity contribution in [2.45, 2.75) is 26.0 Å². The minimum absolute atomic E-state index is 0.159. The van der Waals surface area contributed by atoms with Crippen molar-refractivity contribution in [3.8, 4) is 0 Å². The van der Waals surface area contributed by atoms with E-state index in [1.165, 1.54) is 22.7 Å². The molecule has 0 saturated carbocycles. The summed E-state index contributed by atoms with van der Waals surface area (Å²) < 4.78 is 0. The average molecular weight is 311 g/mol. The highest BCUT2D eigenvalue weighted by Gasteiger charge is 2.24. The van der Waals surface area contributed by atoms with Crippen LogP contribution < -0.4 is 10.6 Å². The molecule has 2 aromatic heterocycles. The van der Waals surface area contributed by atoms with E-state index < -0.39 is 5.60 Å². The Morgan fingerprint density at radius 2 is 2.25 bits per heavy atom. The third-order valence-electron chi connectivity index (χ3n) is 2.80. The van der Waals surface area contributed by atoms with Crippen LogP contribution in [0.2, 0.25) is 0 Å². The maximum Gasteiger partial charge on any atom is 0.315 e. The molecule has 0 aliphatic heterocycles. The van der Waals surface area contributed by atoms with Gasteiger partial charge >= 0.3 is 6.03 Å². The van der Waals surface area contributed by atoms with Crippen molar-refractivity contribution in [3.63, 3.8) is 0 Å². The Morgan fingerprint density at radius 3 is 2.85 bits per heavy atom. The van der Waals surface area contributed by atoms with E-state index in [9.17, 15) is 9.90 Å². The number of urea groups is 1. The highest BCUT2D eigenvalue weighted by Crippen LogP contribution is 2.21. The Bertz CT molecular complexity index is 564. The standard InChI is InChI=1S/C13H17N3O2S2/c1-9-6-20-11(16-9)5-14-12(17)15-8-13(2,18)10-3-4-19-7-10/h3-4,6-7,18H,5,8H2,1-2H3,(H2,14,15,17). The Kier molecular flexibility index (Phi) is 4.74. The second-order valence-corrected chi connectivity index (χ2v) is 6.43. The van der Waals surface area contributed by atoms with Crippen LogP contribution in [0.1, 0.15) is 23.2 Å². The minimum atomic E-state index is -1.06. The van der Waals surface area contributed by atoms with Crippen LogP contribution in [-0.2, 0) is 12.1 Å². The lowest BCUT2D eigenvalue weighted by Crippen LogP contribution is -2.43. The van der Waals surface area contributed by atoms with Gasteiger partial charge in [-0.2, -0.15) is 11.3 Å². The SMILES string of the molecule is Cc1csc(CNC(=O)NCC(C)(O)c2ccsc2)n1. The molecule has 1 atom stereocenters. The lowest BCUT2D eigenvalue weighted by molar-refractivity contribution is 0.0598. The molecule has 0 aromatic carbocycles. The molecular formula is C13H17N3O2S2. The second-order valence-electron chi connectivity index (χ2n) is 4.70. The van der Waals surface area contributed by atoms with Gasteiger partial charge < -0.3 is 15.7 Å². The number of carbonyl (C=O) groups is 1. The van der Waals surface area contributed by atoms with E-state index >= 15 is 0 Å². The molecule has 20 heavy (non-hydrogen) atoms. The van der Waals surface area contributed by atoms with Crippen LogP contribution >= 0.6 is 22.7 Å². The van der Waals surface area contributed by atoms with Crippen molar-refractivity contribution in [1.29, 1.82) is 0 Å². The zero-order valence-corrected chi connectivity index (χ0v) is 13.0. The number of thiazole rings is 1. The van der Waals surface area contributed by atoms with Gasteiger partial charge in [-0.1, -0.05) is 0 Å². The van der Waals surface area contributed by atoms with E-state index in [-0.39, 0.29) is 12.6 Å². The van der Waals surface area contributed by atoms with Crippen LogP contribution in [0.4, 0.5) is 4.79 Å². The van der Waals surface area contributed by atoms with E-state index in [0.29, 0.717) is 6.54 Å². The van der Waals surface area contributed by atoms with Gasteiger partial charge in [0.05, 0.1) is 13.1 Å². The molecule has 5 nitrogen and oxygen atoms in total. The van der Waals surface area contributed by atoms with Crippen LogP contribution in [0.3, 0.4) is 0 Å². The summed E-state index contributed by atoms with van der Waals surface area (Å²) in [5.41, 5.74) is 0.695. The molecule has 0 bridgehead atoms. The van der Waals surface area contributed by atoms with Gasteiger partial charge in [-0.15, -0.1) is 11.3 Å². The molecule has 7 heteroatoms. The summed E-state index contributed by atoms with van der Waals surface area (Å²) in [6.07, 6.45) is 0. The highest BCUT2D eigenvalue weighted by molar-refractivity contribution is 7.09. The molecule has 2 amide bonds. The van der Waals surface area contributed by atoms with Gasteiger partial charge in [0, 0.05) is 11.1 Å². The lowest BCUT2D eigenvalue weighted by Gasteiger charge is -2.22.